The van der Waals surface area contributed by atoms with Crippen LogP contribution < -0.4 is 0 Å². The maximum atomic E-state index is 12.7. The van der Waals surface area contributed by atoms with Crippen LogP contribution in [0.25, 0.3) is 0 Å². The van der Waals surface area contributed by atoms with Gasteiger partial charge in [-0.15, -0.1) is 0 Å². The van der Waals surface area contributed by atoms with Gasteiger partial charge < -0.3 is 23.8 Å². The van der Waals surface area contributed by atoms with Crippen LogP contribution in [0.2, 0.25) is 0 Å². The molecule has 0 rings (SSSR count). The second-order valence-corrected chi connectivity index (χ2v) is 15.9. The highest BCUT2D eigenvalue weighted by Crippen LogP contribution is 2.13. The third kappa shape index (κ3) is 36.7. The number of likely N-dealkylation sites (N-methyl/N-ethyl adjacent to an activating group) is 1. The number of esters is 2. The van der Waals surface area contributed by atoms with Crippen molar-refractivity contribution in [3.05, 3.63) is 60.8 Å². The molecule has 0 spiro atoms. The number of carboxylic acid groups (broad SMARTS) is 1. The van der Waals surface area contributed by atoms with Crippen molar-refractivity contribution in [1.29, 1.82) is 0 Å². The third-order valence-corrected chi connectivity index (χ3v) is 9.65. The molecule has 0 aromatic heterocycles. The second kappa shape index (κ2) is 38.9. The molecule has 0 fully saturated rings. The molecule has 0 aromatic rings. The molecule has 0 aromatic carbocycles. The molecule has 0 saturated heterocycles. The Morgan fingerprint density at radius 2 is 1.00 bits per heavy atom. The van der Waals surface area contributed by atoms with E-state index >= 15 is 0 Å². The van der Waals surface area contributed by atoms with Crippen LogP contribution in [0.5, 0.6) is 0 Å². The van der Waals surface area contributed by atoms with Gasteiger partial charge in [0.2, 0.25) is 0 Å². The van der Waals surface area contributed by atoms with E-state index < -0.39 is 18.1 Å². The highest BCUT2D eigenvalue weighted by atomic mass is 16.6. The third-order valence-electron chi connectivity index (χ3n) is 9.65. The molecule has 56 heavy (non-hydrogen) atoms. The first-order valence-corrected chi connectivity index (χ1v) is 22.3. The van der Waals surface area contributed by atoms with Crippen molar-refractivity contribution in [1.82, 2.24) is 0 Å². The van der Waals surface area contributed by atoms with Crippen molar-refractivity contribution in [2.75, 3.05) is 41.0 Å². The fraction of sp³-hybridized carbons (Fsp3) is 0.729. The minimum Gasteiger partial charge on any atom is -0.477 e. The fourth-order valence-electron chi connectivity index (χ4n) is 6.19. The molecule has 0 aliphatic carbocycles. The van der Waals surface area contributed by atoms with Crippen molar-refractivity contribution < 1.29 is 38.2 Å². The van der Waals surface area contributed by atoms with Gasteiger partial charge in [0.25, 0.3) is 0 Å². The monoisotopic (exact) mass is 787 g/mol. The Labute approximate surface area is 343 Å². The number of unbranched alkanes of at least 4 members (excludes halogenated alkanes) is 15. The summed E-state index contributed by atoms with van der Waals surface area (Å²) in [7, 11) is 5.51. The lowest BCUT2D eigenvalue weighted by Crippen LogP contribution is -2.50. The van der Waals surface area contributed by atoms with Gasteiger partial charge in [0.1, 0.15) is 6.61 Å². The molecule has 0 aliphatic rings. The van der Waals surface area contributed by atoms with Crippen LogP contribution in [0.3, 0.4) is 0 Å². The highest BCUT2D eigenvalue weighted by molar-refractivity contribution is 5.72. The van der Waals surface area contributed by atoms with Gasteiger partial charge in [-0.05, 0) is 77.0 Å². The van der Waals surface area contributed by atoms with E-state index in [1.807, 2.05) is 21.1 Å². The standard InChI is InChI=1S/C48H83NO7/c1-6-8-10-12-14-16-18-20-21-22-23-24-25-27-28-30-32-34-36-38-46(50)55-43-44(42-54-41-40-45(48(52)53)49(3,4)5)56-47(51)39-37-35-33-31-29-26-19-17-15-13-11-9-7-2/h8,10,14,16,20-21,23-24,26,29,44-45H,6-7,9,11-13,15,17-19,22,25,27-28,30-43H2,1-5H3/p+1/b10-8+,16-14+,21-20+,24-23+,29-26+. The van der Waals surface area contributed by atoms with Crippen LogP contribution >= 0.6 is 0 Å². The molecule has 0 aliphatic heterocycles. The van der Waals surface area contributed by atoms with Gasteiger partial charge in [0, 0.05) is 19.3 Å². The number of carbonyl (C=O) groups excluding carboxylic acids is 2. The molecule has 0 bridgehead atoms. The lowest BCUT2D eigenvalue weighted by molar-refractivity contribution is -0.887. The van der Waals surface area contributed by atoms with Crippen molar-refractivity contribution in [3.63, 3.8) is 0 Å². The number of rotatable bonds is 39. The zero-order chi connectivity index (χ0) is 41.4. The number of quaternary nitrogens is 1. The van der Waals surface area contributed by atoms with Gasteiger partial charge in [0.05, 0.1) is 34.4 Å². The summed E-state index contributed by atoms with van der Waals surface area (Å²) >= 11 is 0. The molecule has 8 heteroatoms. The fourth-order valence-corrected chi connectivity index (χ4v) is 6.19. The zero-order valence-electron chi connectivity index (χ0n) is 36.6. The first-order chi connectivity index (χ1) is 27.1. The number of allylic oxidation sites excluding steroid dienone is 10. The smallest absolute Gasteiger partial charge is 0.362 e. The lowest BCUT2D eigenvalue weighted by atomic mass is 10.1. The Bertz CT molecular complexity index is 1100. The van der Waals surface area contributed by atoms with Gasteiger partial charge in [-0.3, -0.25) is 9.59 Å². The van der Waals surface area contributed by atoms with Crippen LogP contribution in [0.15, 0.2) is 60.8 Å². The van der Waals surface area contributed by atoms with Crippen LogP contribution in [-0.2, 0) is 28.6 Å². The first kappa shape index (κ1) is 53.0. The molecule has 2 unspecified atom stereocenters. The minimum atomic E-state index is -0.881. The quantitative estimate of drug-likeness (QED) is 0.0287. The molecule has 8 nitrogen and oxygen atoms in total. The molecule has 322 valence electrons. The second-order valence-electron chi connectivity index (χ2n) is 15.9. The Hall–Kier alpha value is -2.97. The zero-order valence-corrected chi connectivity index (χ0v) is 36.6. The number of hydrogen-bond donors (Lipinski definition) is 1. The number of carboxylic acids is 1. The Morgan fingerprint density at radius 1 is 0.554 bits per heavy atom. The summed E-state index contributed by atoms with van der Waals surface area (Å²) in [6.07, 6.45) is 46.9. The van der Waals surface area contributed by atoms with E-state index in [9.17, 15) is 19.5 Å². The predicted molar refractivity (Wildman–Crippen MR) is 234 cm³/mol. The number of nitrogens with zero attached hydrogens (tertiary/aromatic N) is 1. The van der Waals surface area contributed by atoms with Crippen molar-refractivity contribution in [2.24, 2.45) is 0 Å². The molecule has 0 amide bonds. The molecule has 0 heterocycles. The Morgan fingerprint density at radius 3 is 1.52 bits per heavy atom. The van der Waals surface area contributed by atoms with Gasteiger partial charge in [0.15, 0.2) is 12.1 Å². The summed E-state index contributed by atoms with van der Waals surface area (Å²) in [6.45, 7) is 4.58. The highest BCUT2D eigenvalue weighted by Gasteiger charge is 2.31. The molecular weight excluding hydrogens is 703 g/mol. The van der Waals surface area contributed by atoms with Crippen molar-refractivity contribution >= 4 is 17.9 Å². The van der Waals surface area contributed by atoms with Gasteiger partial charge >= 0.3 is 17.9 Å². The summed E-state index contributed by atoms with van der Waals surface area (Å²) in [5.41, 5.74) is 0. The summed E-state index contributed by atoms with van der Waals surface area (Å²) in [6, 6.07) is -0.621. The molecule has 0 saturated carbocycles. The van der Waals surface area contributed by atoms with E-state index in [0.29, 0.717) is 19.3 Å². The maximum absolute atomic E-state index is 12.7. The summed E-state index contributed by atoms with van der Waals surface area (Å²) in [5.74, 6) is -1.51. The van der Waals surface area contributed by atoms with E-state index in [1.54, 1.807) is 0 Å². The molecule has 1 N–H and O–H groups in total. The topological polar surface area (TPSA) is 99.1 Å². The number of aliphatic carboxylic acids is 1. The van der Waals surface area contributed by atoms with E-state index in [1.165, 1.54) is 51.4 Å². The van der Waals surface area contributed by atoms with Crippen LogP contribution in [-0.4, -0.2) is 80.6 Å². The average Bonchev–Trinajstić information content (AvgIpc) is 3.15. The van der Waals surface area contributed by atoms with E-state index in [4.69, 9.17) is 14.2 Å². The van der Waals surface area contributed by atoms with Gasteiger partial charge in [-0.2, -0.15) is 0 Å². The van der Waals surface area contributed by atoms with Gasteiger partial charge in [-0.1, -0.05) is 139 Å². The van der Waals surface area contributed by atoms with Crippen LogP contribution in [0, 0.1) is 0 Å². The van der Waals surface area contributed by atoms with Crippen molar-refractivity contribution in [2.45, 2.75) is 187 Å². The van der Waals surface area contributed by atoms with Crippen LogP contribution in [0.1, 0.15) is 174 Å². The Kier molecular flexibility index (Phi) is 36.8. The summed E-state index contributed by atoms with van der Waals surface area (Å²) in [4.78, 5) is 37.0. The Balaban J connectivity index is 4.37. The molecular formula is C48H84NO7+. The SMILES string of the molecule is CC/C=C/C/C=C/C/C=C/C/C=C/CCCCCCCCC(=O)OCC(COCCC(C(=O)O)[N+](C)(C)C)OC(=O)CCCCC/C=C/CCCCCCCC. The predicted octanol–water partition coefficient (Wildman–Crippen LogP) is 12.2. The average molecular weight is 787 g/mol. The normalized spacial score (nSPS) is 13.5. The lowest BCUT2D eigenvalue weighted by Gasteiger charge is -2.31. The molecule has 2 atom stereocenters. The largest absolute Gasteiger partial charge is 0.477 e. The first-order valence-electron chi connectivity index (χ1n) is 22.3. The number of ether oxygens (including phenoxy) is 3. The van der Waals surface area contributed by atoms with E-state index in [0.717, 1.165) is 89.9 Å². The molecule has 0 radical (unpaired) electrons. The summed E-state index contributed by atoms with van der Waals surface area (Å²) in [5, 5.41) is 9.62. The minimum absolute atomic E-state index is 0.0484. The van der Waals surface area contributed by atoms with Crippen molar-refractivity contribution in [3.8, 4) is 0 Å². The maximum Gasteiger partial charge on any atom is 0.362 e. The van der Waals surface area contributed by atoms with Crippen LogP contribution in [0.4, 0.5) is 0 Å². The van der Waals surface area contributed by atoms with Gasteiger partial charge in [-0.25, -0.2) is 4.79 Å². The van der Waals surface area contributed by atoms with E-state index in [-0.39, 0.29) is 36.2 Å². The number of hydrogen-bond acceptors (Lipinski definition) is 6. The van der Waals surface area contributed by atoms with E-state index in [2.05, 4.69) is 74.6 Å². The number of carbonyl (C=O) groups is 3. The summed E-state index contributed by atoms with van der Waals surface area (Å²) < 4.78 is 17.2.